The molecule has 9 nitrogen and oxygen atoms in total. The Balaban J connectivity index is 1.38. The number of methoxy groups -OCH3 is 1. The third-order valence-electron chi connectivity index (χ3n) is 6.89. The summed E-state index contributed by atoms with van der Waals surface area (Å²) >= 11 is 0. The highest BCUT2D eigenvalue weighted by molar-refractivity contribution is 5.91. The molecule has 1 saturated heterocycles. The van der Waals surface area contributed by atoms with Crippen LogP contribution in [0.4, 0.5) is 5.82 Å². The molecule has 204 valence electrons. The molecule has 1 fully saturated rings. The molecule has 2 aromatic carbocycles. The molecule has 1 aliphatic rings. The lowest BCUT2D eigenvalue weighted by atomic mass is 10.1. The average Bonchev–Trinajstić information content (AvgIpc) is 3.52. The number of hydrogen-bond acceptors (Lipinski definition) is 8. The Labute approximate surface area is 228 Å². The first-order chi connectivity index (χ1) is 19.2. The minimum atomic E-state index is -0.0293. The normalized spacial score (nSPS) is 13.9. The quantitative estimate of drug-likeness (QED) is 0.293. The number of ether oxygens (including phenoxy) is 2. The number of anilines is 1. The standard InChI is InChI=1S/C30H35N5O4/c1-37-24-11-9-23(10-12-24)29-32-27-8-3-2-7-26(27)30(33-29)35(15-5-14-34-17-20-38-21-18-34)16-13-28(36)31-22-25-6-4-19-39-25/h2-4,6-12,19H,5,13-18,20-22H2,1H3,(H,31,36). The molecule has 0 atom stereocenters. The molecule has 5 rings (SSSR count). The first-order valence-corrected chi connectivity index (χ1v) is 13.4. The number of nitrogens with one attached hydrogen (secondary N) is 1. The number of rotatable bonds is 12. The van der Waals surface area contributed by atoms with Crippen molar-refractivity contribution in [2.75, 3.05) is 57.9 Å². The fourth-order valence-corrected chi connectivity index (χ4v) is 4.73. The lowest BCUT2D eigenvalue weighted by Crippen LogP contribution is -2.39. The van der Waals surface area contributed by atoms with Gasteiger partial charge in [0, 0.05) is 50.1 Å². The van der Waals surface area contributed by atoms with E-state index in [-0.39, 0.29) is 5.91 Å². The zero-order chi connectivity index (χ0) is 26.9. The molecule has 9 heteroatoms. The van der Waals surface area contributed by atoms with Crippen molar-refractivity contribution in [3.05, 3.63) is 72.7 Å². The molecular formula is C30H35N5O4. The van der Waals surface area contributed by atoms with Gasteiger partial charge in [-0.15, -0.1) is 0 Å². The van der Waals surface area contributed by atoms with Crippen LogP contribution in [0.15, 0.2) is 71.3 Å². The van der Waals surface area contributed by atoms with Crippen LogP contribution in [-0.2, 0) is 16.1 Å². The maximum absolute atomic E-state index is 12.8. The Morgan fingerprint density at radius 3 is 2.62 bits per heavy atom. The number of carbonyl (C=O) groups excluding carboxylic acids is 1. The maximum atomic E-state index is 12.8. The van der Waals surface area contributed by atoms with E-state index in [9.17, 15) is 4.79 Å². The van der Waals surface area contributed by atoms with Gasteiger partial charge in [-0.2, -0.15) is 0 Å². The molecule has 1 aliphatic heterocycles. The zero-order valence-electron chi connectivity index (χ0n) is 22.3. The molecule has 1 amide bonds. The van der Waals surface area contributed by atoms with E-state index in [1.807, 2.05) is 54.6 Å². The summed E-state index contributed by atoms with van der Waals surface area (Å²) in [7, 11) is 1.65. The summed E-state index contributed by atoms with van der Waals surface area (Å²) in [5, 5.41) is 3.93. The monoisotopic (exact) mass is 529 g/mol. The number of para-hydroxylation sites is 1. The summed E-state index contributed by atoms with van der Waals surface area (Å²) in [4.78, 5) is 27.3. The zero-order valence-corrected chi connectivity index (χ0v) is 22.3. The summed E-state index contributed by atoms with van der Waals surface area (Å²) in [6.45, 7) is 6.12. The second kappa shape index (κ2) is 13.2. The van der Waals surface area contributed by atoms with Gasteiger partial charge in [0.05, 0.1) is 38.6 Å². The molecule has 0 bridgehead atoms. The molecular weight excluding hydrogens is 494 g/mol. The number of aromatic nitrogens is 2. The van der Waals surface area contributed by atoms with Crippen molar-refractivity contribution in [2.24, 2.45) is 0 Å². The second-order valence-electron chi connectivity index (χ2n) is 9.52. The van der Waals surface area contributed by atoms with Crippen molar-refractivity contribution in [1.82, 2.24) is 20.2 Å². The molecule has 4 aromatic rings. The van der Waals surface area contributed by atoms with Crippen LogP contribution in [0.2, 0.25) is 0 Å². The van der Waals surface area contributed by atoms with E-state index >= 15 is 0 Å². The largest absolute Gasteiger partial charge is 0.497 e. The molecule has 0 saturated carbocycles. The van der Waals surface area contributed by atoms with Gasteiger partial charge in [0.2, 0.25) is 5.91 Å². The van der Waals surface area contributed by atoms with E-state index in [1.54, 1.807) is 13.4 Å². The number of hydrogen-bond donors (Lipinski definition) is 1. The van der Waals surface area contributed by atoms with E-state index in [1.165, 1.54) is 0 Å². The number of amides is 1. The van der Waals surface area contributed by atoms with Gasteiger partial charge >= 0.3 is 0 Å². The summed E-state index contributed by atoms with van der Waals surface area (Å²) in [5.41, 5.74) is 1.78. The van der Waals surface area contributed by atoms with E-state index in [0.717, 1.165) is 79.6 Å². The maximum Gasteiger partial charge on any atom is 0.222 e. The number of carbonyl (C=O) groups is 1. The van der Waals surface area contributed by atoms with Crippen molar-refractivity contribution in [3.63, 3.8) is 0 Å². The van der Waals surface area contributed by atoms with Crippen LogP contribution in [0.5, 0.6) is 5.75 Å². The van der Waals surface area contributed by atoms with Gasteiger partial charge in [-0.05, 0) is 55.0 Å². The van der Waals surface area contributed by atoms with Gasteiger partial charge in [-0.25, -0.2) is 9.97 Å². The molecule has 0 aliphatic carbocycles. The Kier molecular flexibility index (Phi) is 9.03. The van der Waals surface area contributed by atoms with Crippen LogP contribution < -0.4 is 15.0 Å². The van der Waals surface area contributed by atoms with Crippen molar-refractivity contribution in [3.8, 4) is 17.1 Å². The second-order valence-corrected chi connectivity index (χ2v) is 9.52. The predicted octanol–water partition coefficient (Wildman–Crippen LogP) is 4.13. The molecule has 2 aromatic heterocycles. The number of nitrogens with zero attached hydrogens (tertiary/aromatic N) is 4. The number of benzene rings is 2. The fourth-order valence-electron chi connectivity index (χ4n) is 4.73. The van der Waals surface area contributed by atoms with Crippen LogP contribution in [0.3, 0.4) is 0 Å². The van der Waals surface area contributed by atoms with Crippen molar-refractivity contribution < 1.29 is 18.7 Å². The summed E-state index contributed by atoms with van der Waals surface area (Å²) in [6.07, 6.45) is 2.90. The van der Waals surface area contributed by atoms with Crippen LogP contribution >= 0.6 is 0 Å². The van der Waals surface area contributed by atoms with E-state index < -0.39 is 0 Å². The van der Waals surface area contributed by atoms with Gasteiger partial charge in [0.1, 0.15) is 17.3 Å². The average molecular weight is 530 g/mol. The highest BCUT2D eigenvalue weighted by Crippen LogP contribution is 2.29. The van der Waals surface area contributed by atoms with Crippen molar-refractivity contribution in [2.45, 2.75) is 19.4 Å². The fraction of sp³-hybridized carbons (Fsp3) is 0.367. The molecule has 39 heavy (non-hydrogen) atoms. The Bertz CT molecular complexity index is 1340. The number of morpholine rings is 1. The van der Waals surface area contributed by atoms with Crippen LogP contribution in [-0.4, -0.2) is 73.8 Å². The van der Waals surface area contributed by atoms with E-state index in [2.05, 4.69) is 21.2 Å². The lowest BCUT2D eigenvalue weighted by molar-refractivity contribution is -0.121. The first kappa shape index (κ1) is 26.6. The molecule has 0 unspecified atom stereocenters. The van der Waals surface area contributed by atoms with Crippen molar-refractivity contribution >= 4 is 22.6 Å². The summed E-state index contributed by atoms with van der Waals surface area (Å²) in [6, 6.07) is 19.5. The third kappa shape index (κ3) is 7.13. The molecule has 1 N–H and O–H groups in total. The van der Waals surface area contributed by atoms with Crippen LogP contribution in [0.1, 0.15) is 18.6 Å². The third-order valence-corrected chi connectivity index (χ3v) is 6.89. The van der Waals surface area contributed by atoms with Gasteiger partial charge in [0.25, 0.3) is 0 Å². The smallest absolute Gasteiger partial charge is 0.222 e. The first-order valence-electron chi connectivity index (χ1n) is 13.4. The van der Waals surface area contributed by atoms with Crippen LogP contribution in [0, 0.1) is 0 Å². The Morgan fingerprint density at radius 2 is 1.85 bits per heavy atom. The Hall–Kier alpha value is -3.95. The number of furan rings is 1. The summed E-state index contributed by atoms with van der Waals surface area (Å²) < 4.78 is 16.2. The van der Waals surface area contributed by atoms with Gasteiger partial charge in [0.15, 0.2) is 5.82 Å². The van der Waals surface area contributed by atoms with Crippen LogP contribution in [0.25, 0.3) is 22.3 Å². The lowest BCUT2D eigenvalue weighted by Gasteiger charge is -2.29. The minimum absolute atomic E-state index is 0.0293. The summed E-state index contributed by atoms with van der Waals surface area (Å²) in [5.74, 6) is 2.97. The molecule has 3 heterocycles. The van der Waals surface area contributed by atoms with Gasteiger partial charge in [-0.1, -0.05) is 12.1 Å². The van der Waals surface area contributed by atoms with E-state index in [4.69, 9.17) is 23.9 Å². The number of fused-ring (bicyclic) bond motifs is 1. The highest BCUT2D eigenvalue weighted by atomic mass is 16.5. The van der Waals surface area contributed by atoms with E-state index in [0.29, 0.717) is 25.3 Å². The van der Waals surface area contributed by atoms with Crippen molar-refractivity contribution in [1.29, 1.82) is 0 Å². The highest BCUT2D eigenvalue weighted by Gasteiger charge is 2.18. The topological polar surface area (TPSA) is 93.0 Å². The minimum Gasteiger partial charge on any atom is -0.497 e. The van der Waals surface area contributed by atoms with Gasteiger partial charge < -0.3 is 24.1 Å². The predicted molar refractivity (Wildman–Crippen MR) is 151 cm³/mol. The van der Waals surface area contributed by atoms with Gasteiger partial charge in [-0.3, -0.25) is 9.69 Å². The molecule has 0 radical (unpaired) electrons. The molecule has 0 spiro atoms. The Morgan fingerprint density at radius 1 is 1.03 bits per heavy atom. The SMILES string of the molecule is COc1ccc(-c2nc(N(CCCN3CCOCC3)CCC(=O)NCc3ccco3)c3ccccc3n2)cc1.